The van der Waals surface area contributed by atoms with E-state index >= 15 is 0 Å². The molecule has 1 atom stereocenters. The number of pyridine rings is 1. The number of piperidine rings is 1. The Balaban J connectivity index is 1.58. The third kappa shape index (κ3) is 2.63. The summed E-state index contributed by atoms with van der Waals surface area (Å²) in [4.78, 5) is 17.8. The molecule has 1 N–H and O–H groups in total. The van der Waals surface area contributed by atoms with E-state index in [2.05, 4.69) is 16.4 Å². The summed E-state index contributed by atoms with van der Waals surface area (Å²) in [5, 5.41) is 3.73. The molecule has 1 aromatic heterocycles. The standard InChI is InChI=1S/C15H21N3O/c1-11(19)18-9-6-13(7-10-18)17-14-5-4-12-3-2-8-16-15(12)14/h2-3,8,13-14,17H,4-7,9-10H2,1H3. The Morgan fingerprint density at radius 3 is 2.89 bits per heavy atom. The first-order valence-electron chi connectivity index (χ1n) is 7.19. The van der Waals surface area contributed by atoms with Gasteiger partial charge in [0.05, 0.1) is 11.7 Å². The number of carbonyl (C=O) groups excluding carboxylic acids is 1. The molecule has 1 saturated heterocycles. The van der Waals surface area contributed by atoms with Crippen molar-refractivity contribution in [2.75, 3.05) is 13.1 Å². The molecule has 1 aliphatic carbocycles. The van der Waals surface area contributed by atoms with Gasteiger partial charge in [0.2, 0.25) is 5.91 Å². The lowest BCUT2D eigenvalue weighted by molar-refractivity contribution is -0.129. The van der Waals surface area contributed by atoms with Gasteiger partial charge in [-0.3, -0.25) is 9.78 Å². The van der Waals surface area contributed by atoms with Crippen LogP contribution < -0.4 is 5.32 Å². The maximum atomic E-state index is 11.3. The number of nitrogens with zero attached hydrogens (tertiary/aromatic N) is 2. The fourth-order valence-corrected chi connectivity index (χ4v) is 3.22. The Kier molecular flexibility index (Phi) is 3.51. The molecule has 1 unspecified atom stereocenters. The van der Waals surface area contributed by atoms with Gasteiger partial charge in [-0.25, -0.2) is 0 Å². The second-order valence-corrected chi connectivity index (χ2v) is 5.59. The molecule has 4 nitrogen and oxygen atoms in total. The van der Waals surface area contributed by atoms with E-state index in [1.54, 1.807) is 6.92 Å². The van der Waals surface area contributed by atoms with Crippen molar-refractivity contribution in [3.8, 4) is 0 Å². The predicted octanol–water partition coefficient (Wildman–Crippen LogP) is 1.67. The van der Waals surface area contributed by atoms with Crippen molar-refractivity contribution in [3.05, 3.63) is 29.6 Å². The fourth-order valence-electron chi connectivity index (χ4n) is 3.22. The van der Waals surface area contributed by atoms with E-state index in [1.807, 2.05) is 17.2 Å². The molecule has 102 valence electrons. The van der Waals surface area contributed by atoms with E-state index in [1.165, 1.54) is 11.3 Å². The molecule has 4 heteroatoms. The van der Waals surface area contributed by atoms with Crippen LogP contribution in [0.15, 0.2) is 18.3 Å². The molecular formula is C15H21N3O. The number of nitrogens with one attached hydrogen (secondary N) is 1. The van der Waals surface area contributed by atoms with Crippen LogP contribution in [0.5, 0.6) is 0 Å². The van der Waals surface area contributed by atoms with Gasteiger partial charge >= 0.3 is 0 Å². The number of hydrogen-bond donors (Lipinski definition) is 1. The van der Waals surface area contributed by atoms with Crippen LogP contribution in [0.3, 0.4) is 0 Å². The lowest BCUT2D eigenvalue weighted by atomic mass is 10.0. The monoisotopic (exact) mass is 259 g/mol. The van der Waals surface area contributed by atoms with Crippen molar-refractivity contribution >= 4 is 5.91 Å². The van der Waals surface area contributed by atoms with Crippen LogP contribution in [0.1, 0.15) is 43.5 Å². The second-order valence-electron chi connectivity index (χ2n) is 5.59. The zero-order valence-corrected chi connectivity index (χ0v) is 11.4. The molecule has 1 amide bonds. The molecular weight excluding hydrogens is 238 g/mol. The Morgan fingerprint density at radius 1 is 1.37 bits per heavy atom. The first kappa shape index (κ1) is 12.6. The summed E-state index contributed by atoms with van der Waals surface area (Å²) >= 11 is 0. The van der Waals surface area contributed by atoms with Crippen LogP contribution in [0.4, 0.5) is 0 Å². The molecule has 0 saturated carbocycles. The van der Waals surface area contributed by atoms with Gasteiger partial charge in [-0.2, -0.15) is 0 Å². The van der Waals surface area contributed by atoms with Gasteiger partial charge in [-0.15, -0.1) is 0 Å². The van der Waals surface area contributed by atoms with Gasteiger partial charge < -0.3 is 10.2 Å². The minimum atomic E-state index is 0.200. The third-order valence-electron chi connectivity index (χ3n) is 4.34. The molecule has 19 heavy (non-hydrogen) atoms. The number of aromatic nitrogens is 1. The number of amides is 1. The lowest BCUT2D eigenvalue weighted by Gasteiger charge is -2.33. The van der Waals surface area contributed by atoms with Crippen LogP contribution in [0.25, 0.3) is 0 Å². The van der Waals surface area contributed by atoms with Gasteiger partial charge in [-0.1, -0.05) is 6.07 Å². The molecule has 2 aliphatic rings. The molecule has 0 radical (unpaired) electrons. The Morgan fingerprint density at radius 2 is 2.16 bits per heavy atom. The molecule has 0 aromatic carbocycles. The van der Waals surface area contributed by atoms with E-state index < -0.39 is 0 Å². The van der Waals surface area contributed by atoms with Crippen LogP contribution in [-0.4, -0.2) is 34.9 Å². The number of fused-ring (bicyclic) bond motifs is 1. The summed E-state index contributed by atoms with van der Waals surface area (Å²) in [6.45, 7) is 3.43. The molecule has 0 spiro atoms. The normalized spacial score (nSPS) is 23.4. The summed E-state index contributed by atoms with van der Waals surface area (Å²) in [7, 11) is 0. The number of carbonyl (C=O) groups is 1. The minimum absolute atomic E-state index is 0.200. The number of likely N-dealkylation sites (tertiary alicyclic amines) is 1. The minimum Gasteiger partial charge on any atom is -0.343 e. The smallest absolute Gasteiger partial charge is 0.219 e. The van der Waals surface area contributed by atoms with E-state index in [0.717, 1.165) is 38.8 Å². The number of hydrogen-bond acceptors (Lipinski definition) is 3. The number of aryl methyl sites for hydroxylation is 1. The Hall–Kier alpha value is -1.42. The largest absolute Gasteiger partial charge is 0.343 e. The lowest BCUT2D eigenvalue weighted by Crippen LogP contribution is -2.45. The average molecular weight is 259 g/mol. The summed E-state index contributed by atoms with van der Waals surface area (Å²) in [5.41, 5.74) is 2.62. The topological polar surface area (TPSA) is 45.2 Å². The van der Waals surface area contributed by atoms with Crippen LogP contribution in [0.2, 0.25) is 0 Å². The Bertz CT molecular complexity index is 466. The van der Waals surface area contributed by atoms with E-state index in [4.69, 9.17) is 0 Å². The zero-order chi connectivity index (χ0) is 13.2. The van der Waals surface area contributed by atoms with Gasteiger partial charge in [0, 0.05) is 32.3 Å². The highest BCUT2D eigenvalue weighted by molar-refractivity contribution is 5.73. The van der Waals surface area contributed by atoms with Gasteiger partial charge in [0.1, 0.15) is 0 Å². The van der Waals surface area contributed by atoms with Gasteiger partial charge in [0.15, 0.2) is 0 Å². The van der Waals surface area contributed by atoms with Gasteiger partial charge in [-0.05, 0) is 37.3 Å². The molecule has 1 fully saturated rings. The maximum absolute atomic E-state index is 11.3. The summed E-state index contributed by atoms with van der Waals surface area (Å²) in [5.74, 6) is 0.200. The van der Waals surface area contributed by atoms with E-state index in [9.17, 15) is 4.79 Å². The van der Waals surface area contributed by atoms with Crippen LogP contribution in [-0.2, 0) is 11.2 Å². The zero-order valence-electron chi connectivity index (χ0n) is 11.4. The highest BCUT2D eigenvalue weighted by Gasteiger charge is 2.28. The van der Waals surface area contributed by atoms with Gasteiger partial charge in [0.25, 0.3) is 0 Å². The van der Waals surface area contributed by atoms with Crippen molar-refractivity contribution in [1.29, 1.82) is 0 Å². The molecule has 1 aromatic rings. The predicted molar refractivity (Wildman–Crippen MR) is 73.7 cm³/mol. The van der Waals surface area contributed by atoms with Crippen molar-refractivity contribution in [2.24, 2.45) is 0 Å². The van der Waals surface area contributed by atoms with Crippen molar-refractivity contribution in [1.82, 2.24) is 15.2 Å². The first-order valence-corrected chi connectivity index (χ1v) is 7.19. The third-order valence-corrected chi connectivity index (χ3v) is 4.34. The summed E-state index contributed by atoms with van der Waals surface area (Å²) in [6.07, 6.45) is 6.28. The maximum Gasteiger partial charge on any atom is 0.219 e. The highest BCUT2D eigenvalue weighted by atomic mass is 16.2. The van der Waals surface area contributed by atoms with Crippen molar-refractivity contribution < 1.29 is 4.79 Å². The van der Waals surface area contributed by atoms with Crippen molar-refractivity contribution in [3.63, 3.8) is 0 Å². The summed E-state index contributed by atoms with van der Waals surface area (Å²) < 4.78 is 0. The van der Waals surface area contributed by atoms with Crippen LogP contribution in [0, 0.1) is 0 Å². The van der Waals surface area contributed by atoms with Crippen molar-refractivity contribution in [2.45, 2.75) is 44.7 Å². The molecule has 0 bridgehead atoms. The molecule has 3 rings (SSSR count). The molecule has 1 aliphatic heterocycles. The summed E-state index contributed by atoms with van der Waals surface area (Å²) in [6, 6.07) is 5.13. The quantitative estimate of drug-likeness (QED) is 0.878. The highest BCUT2D eigenvalue weighted by Crippen LogP contribution is 2.30. The Labute approximate surface area is 114 Å². The number of rotatable bonds is 2. The first-order chi connectivity index (χ1) is 9.24. The van der Waals surface area contributed by atoms with E-state index in [0.29, 0.717) is 12.1 Å². The van der Waals surface area contributed by atoms with E-state index in [-0.39, 0.29) is 5.91 Å². The van der Waals surface area contributed by atoms with Crippen LogP contribution >= 0.6 is 0 Å². The average Bonchev–Trinajstić information content (AvgIpc) is 2.83. The SMILES string of the molecule is CC(=O)N1CCC(NC2CCc3cccnc32)CC1. The molecule has 2 heterocycles. The fraction of sp³-hybridized carbons (Fsp3) is 0.600. The second kappa shape index (κ2) is 5.29.